The molecule has 0 saturated heterocycles. The summed E-state index contributed by atoms with van der Waals surface area (Å²) in [6.07, 6.45) is 7.16. The SMILES string of the molecule is O=[N+]([O-])c1cccc(-c2cnn(-c3cc[nH]c3)c2)c1. The molecule has 0 atom stereocenters. The zero-order chi connectivity index (χ0) is 13.2. The summed E-state index contributed by atoms with van der Waals surface area (Å²) in [4.78, 5) is 13.3. The first kappa shape index (κ1) is 11.2. The first-order valence-electron chi connectivity index (χ1n) is 5.67. The third-order valence-corrected chi connectivity index (χ3v) is 2.82. The van der Waals surface area contributed by atoms with Gasteiger partial charge in [0.25, 0.3) is 5.69 Å². The van der Waals surface area contributed by atoms with Crippen LogP contribution in [0.4, 0.5) is 5.69 Å². The van der Waals surface area contributed by atoms with Gasteiger partial charge in [0.2, 0.25) is 0 Å². The van der Waals surface area contributed by atoms with Crippen LogP contribution in [0.25, 0.3) is 16.8 Å². The maximum Gasteiger partial charge on any atom is 0.270 e. The highest BCUT2D eigenvalue weighted by Crippen LogP contribution is 2.24. The number of non-ortho nitro benzene ring substituents is 1. The zero-order valence-electron chi connectivity index (χ0n) is 9.85. The zero-order valence-corrected chi connectivity index (χ0v) is 9.85. The molecule has 2 aromatic heterocycles. The van der Waals surface area contributed by atoms with E-state index in [1.165, 1.54) is 6.07 Å². The molecule has 0 bridgehead atoms. The molecule has 6 heteroatoms. The van der Waals surface area contributed by atoms with Crippen molar-refractivity contribution >= 4 is 5.69 Å². The van der Waals surface area contributed by atoms with E-state index in [1.54, 1.807) is 23.0 Å². The Morgan fingerprint density at radius 1 is 1.26 bits per heavy atom. The molecule has 1 N–H and O–H groups in total. The minimum atomic E-state index is -0.403. The van der Waals surface area contributed by atoms with Crippen LogP contribution in [-0.2, 0) is 0 Å². The first-order valence-corrected chi connectivity index (χ1v) is 5.67. The van der Waals surface area contributed by atoms with Gasteiger partial charge in [-0.25, -0.2) is 4.68 Å². The van der Waals surface area contributed by atoms with Crippen LogP contribution >= 0.6 is 0 Å². The average Bonchev–Trinajstić information content (AvgIpc) is 3.09. The molecule has 6 nitrogen and oxygen atoms in total. The van der Waals surface area contributed by atoms with Gasteiger partial charge in [0.1, 0.15) is 0 Å². The molecule has 94 valence electrons. The first-order chi connectivity index (χ1) is 9.24. The van der Waals surface area contributed by atoms with Crippen molar-refractivity contribution in [1.29, 1.82) is 0 Å². The molecule has 0 aliphatic rings. The van der Waals surface area contributed by atoms with Gasteiger partial charge in [0, 0.05) is 36.3 Å². The largest absolute Gasteiger partial charge is 0.366 e. The molecule has 3 aromatic rings. The number of aromatic nitrogens is 3. The second kappa shape index (κ2) is 4.41. The quantitative estimate of drug-likeness (QED) is 0.576. The van der Waals surface area contributed by atoms with Crippen LogP contribution < -0.4 is 0 Å². The number of nitro benzene ring substituents is 1. The predicted octanol–water partition coefficient (Wildman–Crippen LogP) is 2.78. The molecule has 0 amide bonds. The fourth-order valence-corrected chi connectivity index (χ4v) is 1.87. The van der Waals surface area contributed by atoms with Crippen LogP contribution in [0.15, 0.2) is 55.1 Å². The van der Waals surface area contributed by atoms with Crippen molar-refractivity contribution in [2.75, 3.05) is 0 Å². The summed E-state index contributed by atoms with van der Waals surface area (Å²) in [5.74, 6) is 0. The molecule has 0 spiro atoms. The number of hydrogen-bond donors (Lipinski definition) is 1. The molecule has 0 fully saturated rings. The van der Waals surface area contributed by atoms with Gasteiger partial charge in [-0.05, 0) is 11.6 Å². The number of nitrogens with zero attached hydrogens (tertiary/aromatic N) is 3. The number of benzene rings is 1. The Kier molecular flexibility index (Phi) is 2.60. The Hall–Kier alpha value is -2.89. The second-order valence-electron chi connectivity index (χ2n) is 4.05. The van der Waals surface area contributed by atoms with Crippen LogP contribution in [0.5, 0.6) is 0 Å². The molecule has 3 rings (SSSR count). The van der Waals surface area contributed by atoms with Gasteiger partial charge in [0.15, 0.2) is 0 Å². The van der Waals surface area contributed by atoms with Crippen molar-refractivity contribution in [2.24, 2.45) is 0 Å². The van der Waals surface area contributed by atoms with Gasteiger partial charge >= 0.3 is 0 Å². The van der Waals surface area contributed by atoms with E-state index in [0.29, 0.717) is 0 Å². The van der Waals surface area contributed by atoms with E-state index in [9.17, 15) is 10.1 Å². The molecule has 0 unspecified atom stereocenters. The lowest BCUT2D eigenvalue weighted by molar-refractivity contribution is -0.384. The normalized spacial score (nSPS) is 10.5. The van der Waals surface area contributed by atoms with Gasteiger partial charge in [-0.2, -0.15) is 5.10 Å². The monoisotopic (exact) mass is 254 g/mol. The second-order valence-corrected chi connectivity index (χ2v) is 4.05. The standard InChI is InChI=1S/C13H10N4O2/c18-17(19)12-3-1-2-10(6-12)11-7-15-16(9-11)13-4-5-14-8-13/h1-9,14H. The van der Waals surface area contributed by atoms with Crippen LogP contribution in [0, 0.1) is 10.1 Å². The maximum atomic E-state index is 10.8. The predicted molar refractivity (Wildman–Crippen MR) is 70.0 cm³/mol. The fraction of sp³-hybridized carbons (Fsp3) is 0. The van der Waals surface area contributed by atoms with Crippen molar-refractivity contribution in [3.63, 3.8) is 0 Å². The Bertz CT molecular complexity index is 716. The number of hydrogen-bond acceptors (Lipinski definition) is 3. The number of H-pyrrole nitrogens is 1. The molecule has 0 aliphatic heterocycles. The highest BCUT2D eigenvalue weighted by Gasteiger charge is 2.09. The van der Waals surface area contributed by atoms with Gasteiger partial charge in [-0.3, -0.25) is 10.1 Å². The Morgan fingerprint density at radius 2 is 2.16 bits per heavy atom. The van der Waals surface area contributed by atoms with E-state index in [2.05, 4.69) is 10.1 Å². The lowest BCUT2D eigenvalue weighted by Gasteiger charge is -1.97. The van der Waals surface area contributed by atoms with E-state index in [1.807, 2.05) is 30.7 Å². The minimum absolute atomic E-state index is 0.0758. The average molecular weight is 254 g/mol. The van der Waals surface area contributed by atoms with E-state index < -0.39 is 4.92 Å². The topological polar surface area (TPSA) is 76.8 Å². The summed E-state index contributed by atoms with van der Waals surface area (Å²) in [6.45, 7) is 0. The number of aromatic amines is 1. The molecule has 0 saturated carbocycles. The number of rotatable bonds is 3. The Morgan fingerprint density at radius 3 is 2.89 bits per heavy atom. The van der Waals surface area contributed by atoms with Crippen molar-refractivity contribution in [3.05, 3.63) is 65.2 Å². The molecular formula is C13H10N4O2. The van der Waals surface area contributed by atoms with Crippen LogP contribution in [0.3, 0.4) is 0 Å². The summed E-state index contributed by atoms with van der Waals surface area (Å²) in [5.41, 5.74) is 2.60. The van der Waals surface area contributed by atoms with Gasteiger partial charge < -0.3 is 4.98 Å². The van der Waals surface area contributed by atoms with Crippen molar-refractivity contribution < 1.29 is 4.92 Å². The highest BCUT2D eigenvalue weighted by atomic mass is 16.6. The maximum absolute atomic E-state index is 10.8. The molecule has 0 radical (unpaired) electrons. The van der Waals surface area contributed by atoms with Crippen LogP contribution in [0.1, 0.15) is 0 Å². The lowest BCUT2D eigenvalue weighted by atomic mass is 10.1. The molecule has 2 heterocycles. The van der Waals surface area contributed by atoms with Gasteiger partial charge in [-0.1, -0.05) is 12.1 Å². The van der Waals surface area contributed by atoms with E-state index in [0.717, 1.165) is 16.8 Å². The molecular weight excluding hydrogens is 244 g/mol. The summed E-state index contributed by atoms with van der Waals surface area (Å²) < 4.78 is 1.71. The lowest BCUT2D eigenvalue weighted by Crippen LogP contribution is -1.90. The van der Waals surface area contributed by atoms with Crippen LogP contribution in [0.2, 0.25) is 0 Å². The summed E-state index contributed by atoms with van der Waals surface area (Å²) in [5, 5.41) is 15.0. The molecule has 19 heavy (non-hydrogen) atoms. The van der Waals surface area contributed by atoms with E-state index >= 15 is 0 Å². The summed E-state index contributed by atoms with van der Waals surface area (Å²) in [6, 6.07) is 8.40. The third kappa shape index (κ3) is 2.11. The van der Waals surface area contributed by atoms with Crippen LogP contribution in [-0.4, -0.2) is 19.7 Å². The molecule has 1 aromatic carbocycles. The number of nitro groups is 1. The van der Waals surface area contributed by atoms with E-state index in [-0.39, 0.29) is 5.69 Å². The number of nitrogens with one attached hydrogen (secondary N) is 1. The smallest absolute Gasteiger partial charge is 0.270 e. The van der Waals surface area contributed by atoms with Crippen molar-refractivity contribution in [1.82, 2.24) is 14.8 Å². The van der Waals surface area contributed by atoms with Crippen molar-refractivity contribution in [3.8, 4) is 16.8 Å². The highest BCUT2D eigenvalue weighted by molar-refractivity contribution is 5.65. The summed E-state index contributed by atoms with van der Waals surface area (Å²) >= 11 is 0. The molecule has 0 aliphatic carbocycles. The van der Waals surface area contributed by atoms with Gasteiger partial charge in [-0.15, -0.1) is 0 Å². The van der Waals surface area contributed by atoms with Crippen molar-refractivity contribution in [2.45, 2.75) is 0 Å². The summed E-state index contributed by atoms with van der Waals surface area (Å²) in [7, 11) is 0. The fourth-order valence-electron chi connectivity index (χ4n) is 1.87. The minimum Gasteiger partial charge on any atom is -0.366 e. The Labute approximate surface area is 108 Å². The Balaban J connectivity index is 1.99. The third-order valence-electron chi connectivity index (χ3n) is 2.82. The van der Waals surface area contributed by atoms with E-state index in [4.69, 9.17) is 0 Å². The van der Waals surface area contributed by atoms with Gasteiger partial charge in [0.05, 0.1) is 16.8 Å².